The van der Waals surface area contributed by atoms with Crippen LogP contribution < -0.4 is 16.0 Å². The minimum absolute atomic E-state index is 0.133. The molecule has 0 aliphatic rings. The Morgan fingerprint density at radius 1 is 0.966 bits per heavy atom. The maximum absolute atomic E-state index is 12.0. The van der Waals surface area contributed by atoms with Crippen LogP contribution in [0, 0.1) is 13.8 Å². The van der Waals surface area contributed by atoms with Crippen LogP contribution in [0.25, 0.3) is 6.08 Å². The normalized spacial score (nSPS) is 10.7. The van der Waals surface area contributed by atoms with Gasteiger partial charge in [0.2, 0.25) is 5.91 Å². The Kier molecular flexibility index (Phi) is 6.89. The molecule has 0 radical (unpaired) electrons. The van der Waals surface area contributed by atoms with E-state index in [0.29, 0.717) is 36.4 Å². The standard InChI is InChI=1S/C22H24N6O/c1-16-7-3-4-8-18(16)10-11-22(29)25-14-13-24-20-15-21(27-17(2)26-20)28-19-9-5-6-12-23-19/h3-12,15H,13-14H2,1-2H3,(H,25,29)(H2,23,24,26,27,28)/b11-10+. The first-order chi connectivity index (χ1) is 14.1. The summed E-state index contributed by atoms with van der Waals surface area (Å²) in [5.74, 6) is 2.55. The lowest BCUT2D eigenvalue weighted by Crippen LogP contribution is -2.27. The summed E-state index contributed by atoms with van der Waals surface area (Å²) in [6, 6.07) is 15.4. The summed E-state index contributed by atoms with van der Waals surface area (Å²) in [4.78, 5) is 24.9. The minimum atomic E-state index is -0.133. The van der Waals surface area contributed by atoms with Crippen LogP contribution in [-0.4, -0.2) is 33.9 Å². The Labute approximate surface area is 170 Å². The number of carbonyl (C=O) groups excluding carboxylic acids is 1. The number of aryl methyl sites for hydroxylation is 2. The second-order valence-corrected chi connectivity index (χ2v) is 6.43. The summed E-state index contributed by atoms with van der Waals surface area (Å²) in [5, 5.41) is 9.20. The van der Waals surface area contributed by atoms with Gasteiger partial charge in [-0.25, -0.2) is 15.0 Å². The maximum atomic E-state index is 12.0. The molecule has 0 spiro atoms. The van der Waals surface area contributed by atoms with Crippen molar-refractivity contribution in [2.75, 3.05) is 23.7 Å². The largest absolute Gasteiger partial charge is 0.368 e. The van der Waals surface area contributed by atoms with Crippen molar-refractivity contribution >= 4 is 29.4 Å². The molecule has 0 saturated carbocycles. The van der Waals surface area contributed by atoms with Crippen LogP contribution in [0.5, 0.6) is 0 Å². The number of anilines is 3. The summed E-state index contributed by atoms with van der Waals surface area (Å²) in [5.41, 5.74) is 2.16. The van der Waals surface area contributed by atoms with Crippen LogP contribution in [0.3, 0.4) is 0 Å². The number of nitrogens with one attached hydrogen (secondary N) is 3. The summed E-state index contributed by atoms with van der Waals surface area (Å²) in [6.07, 6.45) is 5.08. The van der Waals surface area contributed by atoms with Crippen LogP contribution >= 0.6 is 0 Å². The third-order valence-corrected chi connectivity index (χ3v) is 4.09. The molecule has 0 aliphatic heterocycles. The van der Waals surface area contributed by atoms with E-state index in [1.54, 1.807) is 12.3 Å². The highest BCUT2D eigenvalue weighted by Crippen LogP contribution is 2.15. The smallest absolute Gasteiger partial charge is 0.244 e. The maximum Gasteiger partial charge on any atom is 0.244 e. The highest BCUT2D eigenvalue weighted by atomic mass is 16.1. The van der Waals surface area contributed by atoms with Gasteiger partial charge in [-0.1, -0.05) is 30.3 Å². The van der Waals surface area contributed by atoms with Crippen molar-refractivity contribution in [3.63, 3.8) is 0 Å². The Bertz CT molecular complexity index is 988. The van der Waals surface area contributed by atoms with Gasteiger partial charge in [0.05, 0.1) is 0 Å². The van der Waals surface area contributed by atoms with Gasteiger partial charge >= 0.3 is 0 Å². The van der Waals surface area contributed by atoms with E-state index in [-0.39, 0.29) is 5.91 Å². The molecule has 2 aromatic heterocycles. The first-order valence-electron chi connectivity index (χ1n) is 9.39. The van der Waals surface area contributed by atoms with Crippen molar-refractivity contribution in [2.24, 2.45) is 0 Å². The van der Waals surface area contributed by atoms with Gasteiger partial charge in [0.15, 0.2) is 0 Å². The number of hydrogen-bond acceptors (Lipinski definition) is 6. The summed E-state index contributed by atoms with van der Waals surface area (Å²) in [7, 11) is 0. The molecule has 29 heavy (non-hydrogen) atoms. The molecule has 1 aromatic carbocycles. The molecular formula is C22H24N6O. The molecule has 7 nitrogen and oxygen atoms in total. The Morgan fingerprint density at radius 3 is 2.55 bits per heavy atom. The van der Waals surface area contributed by atoms with Crippen LogP contribution in [0.15, 0.2) is 60.8 Å². The van der Waals surface area contributed by atoms with Crippen LogP contribution in [0.2, 0.25) is 0 Å². The van der Waals surface area contributed by atoms with Crippen molar-refractivity contribution in [2.45, 2.75) is 13.8 Å². The van der Waals surface area contributed by atoms with E-state index in [0.717, 1.165) is 11.1 Å². The number of nitrogens with zero attached hydrogens (tertiary/aromatic N) is 3. The van der Waals surface area contributed by atoms with Crippen LogP contribution in [-0.2, 0) is 4.79 Å². The number of hydrogen-bond donors (Lipinski definition) is 3. The fraction of sp³-hybridized carbons (Fsp3) is 0.182. The average Bonchev–Trinajstić information content (AvgIpc) is 2.71. The second-order valence-electron chi connectivity index (χ2n) is 6.43. The lowest BCUT2D eigenvalue weighted by Gasteiger charge is -2.10. The highest BCUT2D eigenvalue weighted by molar-refractivity contribution is 5.91. The molecular weight excluding hydrogens is 364 g/mol. The number of aromatic nitrogens is 3. The first kappa shape index (κ1) is 20.0. The molecule has 148 valence electrons. The fourth-order valence-corrected chi connectivity index (χ4v) is 2.66. The van der Waals surface area contributed by atoms with Crippen molar-refractivity contribution < 1.29 is 4.79 Å². The number of rotatable bonds is 8. The van der Waals surface area contributed by atoms with E-state index in [9.17, 15) is 4.79 Å². The predicted octanol–water partition coefficient (Wildman–Crippen LogP) is 3.47. The molecule has 1 amide bonds. The van der Waals surface area contributed by atoms with E-state index in [1.807, 2.05) is 68.5 Å². The molecule has 2 heterocycles. The molecule has 7 heteroatoms. The quantitative estimate of drug-likeness (QED) is 0.404. The van der Waals surface area contributed by atoms with E-state index in [1.165, 1.54) is 0 Å². The Balaban J connectivity index is 1.47. The SMILES string of the molecule is Cc1nc(NCCNC(=O)/C=C/c2ccccc2C)cc(Nc2ccccn2)n1. The molecule has 3 aromatic rings. The molecule has 3 N–H and O–H groups in total. The van der Waals surface area contributed by atoms with E-state index < -0.39 is 0 Å². The number of pyridine rings is 1. The lowest BCUT2D eigenvalue weighted by molar-refractivity contribution is -0.116. The molecule has 0 bridgehead atoms. The van der Waals surface area contributed by atoms with E-state index in [4.69, 9.17) is 0 Å². The van der Waals surface area contributed by atoms with Crippen molar-refractivity contribution in [1.82, 2.24) is 20.3 Å². The van der Waals surface area contributed by atoms with Crippen molar-refractivity contribution in [3.05, 3.63) is 77.8 Å². The fourth-order valence-electron chi connectivity index (χ4n) is 2.66. The second kappa shape index (κ2) is 9.98. The molecule has 0 fully saturated rings. The first-order valence-corrected chi connectivity index (χ1v) is 9.39. The molecule has 0 unspecified atom stereocenters. The van der Waals surface area contributed by atoms with E-state index in [2.05, 4.69) is 30.9 Å². The Hall–Kier alpha value is -3.74. The molecule has 0 saturated heterocycles. The summed E-state index contributed by atoms with van der Waals surface area (Å²) < 4.78 is 0. The predicted molar refractivity (Wildman–Crippen MR) is 116 cm³/mol. The van der Waals surface area contributed by atoms with Crippen LogP contribution in [0.1, 0.15) is 17.0 Å². The monoisotopic (exact) mass is 388 g/mol. The zero-order valence-corrected chi connectivity index (χ0v) is 16.5. The van der Waals surface area contributed by atoms with Gasteiger partial charge in [0.1, 0.15) is 23.3 Å². The van der Waals surface area contributed by atoms with Gasteiger partial charge in [0, 0.05) is 31.4 Å². The van der Waals surface area contributed by atoms with Gasteiger partial charge in [0.25, 0.3) is 0 Å². The molecule has 0 aliphatic carbocycles. The van der Waals surface area contributed by atoms with Crippen molar-refractivity contribution in [1.29, 1.82) is 0 Å². The third-order valence-electron chi connectivity index (χ3n) is 4.09. The Morgan fingerprint density at radius 2 is 1.76 bits per heavy atom. The van der Waals surface area contributed by atoms with Gasteiger partial charge in [-0.05, 0) is 43.2 Å². The van der Waals surface area contributed by atoms with Gasteiger partial charge in [-0.3, -0.25) is 4.79 Å². The summed E-state index contributed by atoms with van der Waals surface area (Å²) >= 11 is 0. The lowest BCUT2D eigenvalue weighted by atomic mass is 10.1. The number of benzene rings is 1. The zero-order valence-electron chi connectivity index (χ0n) is 16.5. The average molecular weight is 388 g/mol. The third kappa shape index (κ3) is 6.42. The minimum Gasteiger partial charge on any atom is -0.368 e. The topological polar surface area (TPSA) is 91.8 Å². The van der Waals surface area contributed by atoms with Gasteiger partial charge in [-0.2, -0.15) is 0 Å². The number of carbonyl (C=O) groups is 1. The summed E-state index contributed by atoms with van der Waals surface area (Å²) in [6.45, 7) is 4.86. The van der Waals surface area contributed by atoms with Gasteiger partial charge < -0.3 is 16.0 Å². The highest BCUT2D eigenvalue weighted by Gasteiger charge is 2.03. The molecule has 0 atom stereocenters. The zero-order chi connectivity index (χ0) is 20.5. The van der Waals surface area contributed by atoms with E-state index >= 15 is 0 Å². The van der Waals surface area contributed by atoms with Crippen molar-refractivity contribution in [3.8, 4) is 0 Å². The van der Waals surface area contributed by atoms with Crippen LogP contribution in [0.4, 0.5) is 17.5 Å². The molecule has 3 rings (SSSR count). The number of amides is 1. The van der Waals surface area contributed by atoms with Gasteiger partial charge in [-0.15, -0.1) is 0 Å².